The van der Waals surface area contributed by atoms with Gasteiger partial charge in [0.25, 0.3) is 5.91 Å². The first-order valence-electron chi connectivity index (χ1n) is 8.72. The van der Waals surface area contributed by atoms with Crippen LogP contribution in [0.1, 0.15) is 23.2 Å². The second kappa shape index (κ2) is 11.0. The molecule has 0 unspecified atom stereocenters. The third-order valence-corrected chi connectivity index (χ3v) is 4.02. The summed E-state index contributed by atoms with van der Waals surface area (Å²) in [5, 5.41) is 6.32. The van der Waals surface area contributed by atoms with E-state index in [9.17, 15) is 4.79 Å². The molecule has 0 saturated carbocycles. The normalized spacial score (nSPS) is 15.2. The van der Waals surface area contributed by atoms with Crippen molar-refractivity contribution in [2.45, 2.75) is 12.8 Å². The van der Waals surface area contributed by atoms with Gasteiger partial charge in [-0.1, -0.05) is 0 Å². The van der Waals surface area contributed by atoms with Crippen molar-refractivity contribution in [2.75, 3.05) is 59.6 Å². The van der Waals surface area contributed by atoms with Crippen molar-refractivity contribution in [3.8, 4) is 5.75 Å². The number of carbonyl (C=O) groups excluding carboxylic acids is 1. The fourth-order valence-electron chi connectivity index (χ4n) is 2.64. The standard InChI is InChI=1S/C18H29N3O3/c1-23-14-3-15-24-17-6-4-16(5-7-17)18(22)20-8-2-11-21-12-9-19-10-13-21/h4-7,19H,2-3,8-15H2,1H3,(H,20,22). The summed E-state index contributed by atoms with van der Waals surface area (Å²) in [6.45, 7) is 7.37. The first-order chi connectivity index (χ1) is 11.8. The van der Waals surface area contributed by atoms with Crippen molar-refractivity contribution in [1.29, 1.82) is 0 Å². The topological polar surface area (TPSA) is 62.8 Å². The van der Waals surface area contributed by atoms with Crippen molar-refractivity contribution in [3.05, 3.63) is 29.8 Å². The molecule has 1 saturated heterocycles. The van der Waals surface area contributed by atoms with Gasteiger partial charge in [-0.3, -0.25) is 4.79 Å². The van der Waals surface area contributed by atoms with Gasteiger partial charge < -0.3 is 25.0 Å². The van der Waals surface area contributed by atoms with Crippen LogP contribution in [0, 0.1) is 0 Å². The van der Waals surface area contributed by atoms with E-state index in [0.717, 1.165) is 51.3 Å². The smallest absolute Gasteiger partial charge is 0.251 e. The molecule has 2 N–H and O–H groups in total. The highest BCUT2D eigenvalue weighted by molar-refractivity contribution is 5.94. The maximum Gasteiger partial charge on any atom is 0.251 e. The highest BCUT2D eigenvalue weighted by Gasteiger charge is 2.09. The van der Waals surface area contributed by atoms with Crippen LogP contribution in [0.4, 0.5) is 0 Å². The summed E-state index contributed by atoms with van der Waals surface area (Å²) in [5.74, 6) is 0.752. The van der Waals surface area contributed by atoms with Gasteiger partial charge in [0.1, 0.15) is 5.75 Å². The van der Waals surface area contributed by atoms with E-state index in [0.29, 0.717) is 25.3 Å². The SMILES string of the molecule is COCCCOc1ccc(C(=O)NCCCN2CCNCC2)cc1. The van der Waals surface area contributed by atoms with E-state index in [-0.39, 0.29) is 5.91 Å². The first-order valence-corrected chi connectivity index (χ1v) is 8.72. The van der Waals surface area contributed by atoms with Crippen molar-refractivity contribution in [1.82, 2.24) is 15.5 Å². The molecule has 2 rings (SSSR count). The molecular weight excluding hydrogens is 306 g/mol. The molecular formula is C18H29N3O3. The minimum Gasteiger partial charge on any atom is -0.494 e. The number of benzene rings is 1. The highest BCUT2D eigenvalue weighted by Crippen LogP contribution is 2.12. The average Bonchev–Trinajstić information content (AvgIpc) is 2.63. The number of hydrogen-bond donors (Lipinski definition) is 2. The summed E-state index contributed by atoms with van der Waals surface area (Å²) in [4.78, 5) is 14.5. The van der Waals surface area contributed by atoms with E-state index in [4.69, 9.17) is 9.47 Å². The van der Waals surface area contributed by atoms with Gasteiger partial charge in [-0.2, -0.15) is 0 Å². The summed E-state index contributed by atoms with van der Waals surface area (Å²) in [6.07, 6.45) is 1.83. The molecule has 1 fully saturated rings. The van der Waals surface area contributed by atoms with Gasteiger partial charge in [0.05, 0.1) is 6.61 Å². The van der Waals surface area contributed by atoms with Crippen LogP contribution in [0.25, 0.3) is 0 Å². The van der Waals surface area contributed by atoms with Crippen molar-refractivity contribution >= 4 is 5.91 Å². The van der Waals surface area contributed by atoms with Crippen molar-refractivity contribution < 1.29 is 14.3 Å². The van der Waals surface area contributed by atoms with Crippen LogP contribution in [-0.2, 0) is 4.74 Å². The Labute approximate surface area is 144 Å². The number of ether oxygens (including phenoxy) is 2. The molecule has 1 heterocycles. The third-order valence-electron chi connectivity index (χ3n) is 4.02. The van der Waals surface area contributed by atoms with Crippen LogP contribution >= 0.6 is 0 Å². The van der Waals surface area contributed by atoms with Gasteiger partial charge in [-0.15, -0.1) is 0 Å². The number of piperazine rings is 1. The Kier molecular flexibility index (Phi) is 8.59. The highest BCUT2D eigenvalue weighted by atomic mass is 16.5. The lowest BCUT2D eigenvalue weighted by Crippen LogP contribution is -2.44. The number of hydrogen-bond acceptors (Lipinski definition) is 5. The number of methoxy groups -OCH3 is 1. The number of nitrogens with one attached hydrogen (secondary N) is 2. The molecule has 6 heteroatoms. The Balaban J connectivity index is 1.62. The summed E-state index contributed by atoms with van der Waals surface area (Å²) < 4.78 is 10.6. The number of rotatable bonds is 10. The second-order valence-corrected chi connectivity index (χ2v) is 5.92. The minimum atomic E-state index is -0.0266. The Morgan fingerprint density at radius 3 is 2.62 bits per heavy atom. The predicted octanol–water partition coefficient (Wildman–Crippen LogP) is 1.13. The third kappa shape index (κ3) is 6.86. The Morgan fingerprint density at radius 2 is 1.92 bits per heavy atom. The van der Waals surface area contributed by atoms with Gasteiger partial charge >= 0.3 is 0 Å². The summed E-state index contributed by atoms with van der Waals surface area (Å²) in [7, 11) is 1.68. The molecule has 0 aliphatic carbocycles. The van der Waals surface area contributed by atoms with Crippen molar-refractivity contribution in [2.24, 2.45) is 0 Å². The molecule has 1 amide bonds. The van der Waals surface area contributed by atoms with E-state index < -0.39 is 0 Å². The molecule has 0 radical (unpaired) electrons. The zero-order valence-electron chi connectivity index (χ0n) is 14.6. The number of nitrogens with zero attached hydrogens (tertiary/aromatic N) is 1. The number of carbonyl (C=O) groups is 1. The maximum absolute atomic E-state index is 12.1. The van der Waals surface area contributed by atoms with E-state index in [2.05, 4.69) is 15.5 Å². The first kappa shape index (κ1) is 18.7. The zero-order chi connectivity index (χ0) is 17.0. The Hall–Kier alpha value is -1.63. The fourth-order valence-corrected chi connectivity index (χ4v) is 2.64. The second-order valence-electron chi connectivity index (χ2n) is 5.92. The lowest BCUT2D eigenvalue weighted by Gasteiger charge is -2.27. The van der Waals surface area contributed by atoms with Crippen LogP contribution in [0.3, 0.4) is 0 Å². The van der Waals surface area contributed by atoms with Crippen LogP contribution < -0.4 is 15.4 Å². The van der Waals surface area contributed by atoms with Gasteiger partial charge in [0.2, 0.25) is 0 Å². The maximum atomic E-state index is 12.1. The predicted molar refractivity (Wildman–Crippen MR) is 94.7 cm³/mol. The molecule has 1 aromatic carbocycles. The molecule has 24 heavy (non-hydrogen) atoms. The lowest BCUT2D eigenvalue weighted by atomic mass is 10.2. The Morgan fingerprint density at radius 1 is 1.17 bits per heavy atom. The molecule has 1 aliphatic rings. The van der Waals surface area contributed by atoms with Gasteiger partial charge in [0, 0.05) is 58.4 Å². The summed E-state index contributed by atoms with van der Waals surface area (Å²) in [5.41, 5.74) is 0.668. The molecule has 0 spiro atoms. The molecule has 1 aromatic rings. The van der Waals surface area contributed by atoms with E-state index >= 15 is 0 Å². The minimum absolute atomic E-state index is 0.0266. The summed E-state index contributed by atoms with van der Waals surface area (Å²) >= 11 is 0. The molecule has 0 aromatic heterocycles. The van der Waals surface area contributed by atoms with E-state index in [1.807, 2.05) is 12.1 Å². The van der Waals surface area contributed by atoms with E-state index in [1.54, 1.807) is 19.2 Å². The molecule has 6 nitrogen and oxygen atoms in total. The molecule has 0 atom stereocenters. The molecule has 0 bridgehead atoms. The average molecular weight is 335 g/mol. The largest absolute Gasteiger partial charge is 0.494 e. The zero-order valence-corrected chi connectivity index (χ0v) is 14.6. The van der Waals surface area contributed by atoms with Crippen LogP contribution in [-0.4, -0.2) is 70.4 Å². The fraction of sp³-hybridized carbons (Fsp3) is 0.611. The van der Waals surface area contributed by atoms with Gasteiger partial charge in [-0.05, 0) is 37.2 Å². The van der Waals surface area contributed by atoms with Crippen molar-refractivity contribution in [3.63, 3.8) is 0 Å². The Bertz CT molecular complexity index is 473. The van der Waals surface area contributed by atoms with Crippen LogP contribution in [0.15, 0.2) is 24.3 Å². The monoisotopic (exact) mass is 335 g/mol. The summed E-state index contributed by atoms with van der Waals surface area (Å²) in [6, 6.07) is 7.28. The molecule has 1 aliphatic heterocycles. The molecule has 134 valence electrons. The van der Waals surface area contributed by atoms with Crippen LogP contribution in [0.2, 0.25) is 0 Å². The van der Waals surface area contributed by atoms with E-state index in [1.165, 1.54) is 0 Å². The van der Waals surface area contributed by atoms with Crippen LogP contribution in [0.5, 0.6) is 5.75 Å². The lowest BCUT2D eigenvalue weighted by molar-refractivity contribution is 0.0951. The quantitative estimate of drug-likeness (QED) is 0.628. The van der Waals surface area contributed by atoms with Gasteiger partial charge in [-0.25, -0.2) is 0 Å². The van der Waals surface area contributed by atoms with Gasteiger partial charge in [0.15, 0.2) is 0 Å². The number of amides is 1.